The number of hydrogen-bond donors (Lipinski definition) is 0. The van der Waals surface area contributed by atoms with Crippen LogP contribution in [-0.2, 0) is 5.75 Å². The molecule has 0 aliphatic heterocycles. The molecule has 0 atom stereocenters. The second-order valence-electron chi connectivity index (χ2n) is 4.76. The minimum atomic E-state index is 0.464. The molecule has 4 nitrogen and oxygen atoms in total. The van der Waals surface area contributed by atoms with Gasteiger partial charge in [0, 0.05) is 16.3 Å². The van der Waals surface area contributed by atoms with Crippen LogP contribution in [0.25, 0.3) is 0 Å². The van der Waals surface area contributed by atoms with Gasteiger partial charge >= 0.3 is 0 Å². The van der Waals surface area contributed by atoms with E-state index in [2.05, 4.69) is 15.3 Å². The van der Waals surface area contributed by atoms with Gasteiger partial charge in [-0.3, -0.25) is 0 Å². The molecule has 1 heterocycles. The van der Waals surface area contributed by atoms with E-state index in [1.165, 1.54) is 11.8 Å². The number of hydrogen-bond acceptors (Lipinski definition) is 4. The highest BCUT2D eigenvalue weighted by atomic mass is 35.5. The number of thioether (sulfide) groups is 1. The van der Waals surface area contributed by atoms with Crippen LogP contribution in [-0.4, -0.2) is 21.1 Å². The summed E-state index contributed by atoms with van der Waals surface area (Å²) in [5.74, 6) is 0.739. The van der Waals surface area contributed by atoms with E-state index in [1.54, 1.807) is 23.3 Å². The smallest absolute Gasteiger partial charge is 0.195 e. The maximum atomic E-state index is 6.15. The summed E-state index contributed by atoms with van der Waals surface area (Å²) >= 11 is 19.6. The Bertz CT molecular complexity index is 862. The lowest BCUT2D eigenvalue weighted by molar-refractivity contribution is 0.767. The Kier molecular flexibility index (Phi) is 5.79. The summed E-state index contributed by atoms with van der Waals surface area (Å²) in [7, 11) is 0. The zero-order chi connectivity index (χ0) is 16.9. The van der Waals surface area contributed by atoms with Crippen LogP contribution in [0.15, 0.2) is 59.0 Å². The Morgan fingerprint density at radius 3 is 2.67 bits per heavy atom. The Hall–Kier alpha value is -1.53. The first kappa shape index (κ1) is 17.3. The lowest BCUT2D eigenvalue weighted by atomic mass is 10.2. The van der Waals surface area contributed by atoms with Gasteiger partial charge in [-0.1, -0.05) is 70.8 Å². The molecule has 0 saturated heterocycles. The van der Waals surface area contributed by atoms with Gasteiger partial charge in [-0.25, -0.2) is 0 Å². The van der Waals surface area contributed by atoms with Crippen molar-refractivity contribution in [3.8, 4) is 0 Å². The summed E-state index contributed by atoms with van der Waals surface area (Å²) in [4.78, 5) is 0. The first-order valence-corrected chi connectivity index (χ1v) is 9.01. The van der Waals surface area contributed by atoms with Crippen LogP contribution < -0.4 is 0 Å². The molecule has 0 aliphatic carbocycles. The standard InChI is InChI=1S/C16H11Cl3N4S/c17-13-6-4-11(5-7-13)9-24-16-22-20-10-23(16)21-8-12-2-1-3-14(18)15(12)19/h1-8,10H,9H2/b21-8+. The fourth-order valence-corrected chi connectivity index (χ4v) is 3.17. The van der Waals surface area contributed by atoms with Crippen LogP contribution >= 0.6 is 46.6 Å². The molecule has 1 aromatic heterocycles. The minimum Gasteiger partial charge on any atom is -0.195 e. The second-order valence-corrected chi connectivity index (χ2v) is 6.92. The molecular weight excluding hydrogens is 387 g/mol. The summed E-state index contributed by atoms with van der Waals surface area (Å²) < 4.78 is 1.60. The predicted octanol–water partition coefficient (Wildman–Crippen LogP) is 5.41. The highest BCUT2D eigenvalue weighted by Crippen LogP contribution is 2.25. The second kappa shape index (κ2) is 8.03. The van der Waals surface area contributed by atoms with Crippen molar-refractivity contribution < 1.29 is 0 Å². The molecule has 0 N–H and O–H groups in total. The van der Waals surface area contributed by atoms with Crippen LogP contribution in [0.1, 0.15) is 11.1 Å². The first-order chi connectivity index (χ1) is 11.6. The van der Waals surface area contributed by atoms with E-state index in [0.29, 0.717) is 15.2 Å². The van der Waals surface area contributed by atoms with Crippen molar-refractivity contribution in [1.29, 1.82) is 0 Å². The molecule has 122 valence electrons. The fraction of sp³-hybridized carbons (Fsp3) is 0.0625. The summed E-state index contributed by atoms with van der Waals surface area (Å²) in [5.41, 5.74) is 1.87. The molecule has 0 bridgehead atoms. The third kappa shape index (κ3) is 4.30. The molecule has 0 saturated carbocycles. The number of nitrogens with zero attached hydrogens (tertiary/aromatic N) is 4. The molecule has 0 aliphatic rings. The van der Waals surface area contributed by atoms with E-state index in [1.807, 2.05) is 36.4 Å². The fourth-order valence-electron chi connectivity index (χ4n) is 1.87. The third-order valence-electron chi connectivity index (χ3n) is 3.08. The van der Waals surface area contributed by atoms with Crippen molar-refractivity contribution in [3.63, 3.8) is 0 Å². The van der Waals surface area contributed by atoms with E-state index >= 15 is 0 Å². The minimum absolute atomic E-state index is 0.464. The molecule has 0 radical (unpaired) electrons. The monoisotopic (exact) mass is 396 g/mol. The topological polar surface area (TPSA) is 43.1 Å². The van der Waals surface area contributed by atoms with Crippen LogP contribution in [0, 0.1) is 0 Å². The van der Waals surface area contributed by atoms with E-state index in [-0.39, 0.29) is 0 Å². The van der Waals surface area contributed by atoms with Crippen LogP contribution in [0.2, 0.25) is 15.1 Å². The lowest BCUT2D eigenvalue weighted by Gasteiger charge is -2.02. The molecule has 8 heteroatoms. The number of aromatic nitrogens is 3. The van der Waals surface area contributed by atoms with Gasteiger partial charge in [0.25, 0.3) is 0 Å². The molecule has 3 rings (SSSR count). The van der Waals surface area contributed by atoms with Crippen LogP contribution in [0.5, 0.6) is 0 Å². The third-order valence-corrected chi connectivity index (χ3v) is 5.17. The van der Waals surface area contributed by atoms with Crippen molar-refractivity contribution in [2.45, 2.75) is 10.9 Å². The van der Waals surface area contributed by atoms with E-state index in [4.69, 9.17) is 34.8 Å². The van der Waals surface area contributed by atoms with Gasteiger partial charge < -0.3 is 0 Å². The zero-order valence-corrected chi connectivity index (χ0v) is 15.3. The highest BCUT2D eigenvalue weighted by Gasteiger charge is 2.06. The van der Waals surface area contributed by atoms with Gasteiger partial charge in [-0.15, -0.1) is 10.2 Å². The predicted molar refractivity (Wildman–Crippen MR) is 100 cm³/mol. The average Bonchev–Trinajstić information content (AvgIpc) is 3.03. The van der Waals surface area contributed by atoms with Crippen molar-refractivity contribution in [2.75, 3.05) is 0 Å². The zero-order valence-electron chi connectivity index (χ0n) is 12.2. The Labute approximate surface area is 158 Å². The molecule has 0 unspecified atom stereocenters. The van der Waals surface area contributed by atoms with Gasteiger partial charge in [0.2, 0.25) is 5.16 Å². The van der Waals surface area contributed by atoms with E-state index < -0.39 is 0 Å². The van der Waals surface area contributed by atoms with Crippen LogP contribution in [0.4, 0.5) is 0 Å². The van der Waals surface area contributed by atoms with Gasteiger partial charge in [-0.2, -0.15) is 9.78 Å². The molecule has 0 spiro atoms. The molecule has 2 aromatic carbocycles. The Morgan fingerprint density at radius 2 is 1.88 bits per heavy atom. The molecule has 0 amide bonds. The number of benzene rings is 2. The summed E-state index contributed by atoms with van der Waals surface area (Å²) in [6, 6.07) is 13.1. The molecular formula is C16H11Cl3N4S. The van der Waals surface area contributed by atoms with Crippen molar-refractivity contribution in [3.05, 3.63) is 75.0 Å². The summed E-state index contributed by atoms with van der Waals surface area (Å²) in [5, 5.41) is 14.7. The van der Waals surface area contributed by atoms with Gasteiger partial charge in [0.1, 0.15) is 6.33 Å². The average molecular weight is 398 g/mol. The van der Waals surface area contributed by atoms with E-state index in [9.17, 15) is 0 Å². The van der Waals surface area contributed by atoms with E-state index in [0.717, 1.165) is 21.9 Å². The SMILES string of the molecule is Clc1ccc(CSc2nncn2/N=C/c2cccc(Cl)c2Cl)cc1. The highest BCUT2D eigenvalue weighted by molar-refractivity contribution is 7.98. The first-order valence-electron chi connectivity index (χ1n) is 6.89. The van der Waals surface area contributed by atoms with Crippen molar-refractivity contribution in [2.24, 2.45) is 5.10 Å². The summed E-state index contributed by atoms with van der Waals surface area (Å²) in [6.45, 7) is 0. The number of halogens is 3. The largest absolute Gasteiger partial charge is 0.212 e. The Balaban J connectivity index is 1.72. The lowest BCUT2D eigenvalue weighted by Crippen LogP contribution is -1.93. The maximum Gasteiger partial charge on any atom is 0.212 e. The van der Waals surface area contributed by atoms with Crippen molar-refractivity contribution in [1.82, 2.24) is 14.9 Å². The Morgan fingerprint density at radius 1 is 1.08 bits per heavy atom. The normalized spacial score (nSPS) is 11.3. The van der Waals surface area contributed by atoms with Gasteiger partial charge in [0.05, 0.1) is 16.3 Å². The van der Waals surface area contributed by atoms with Gasteiger partial charge in [0.15, 0.2) is 0 Å². The quantitative estimate of drug-likeness (QED) is 0.427. The molecule has 0 fully saturated rings. The summed E-state index contributed by atoms with van der Waals surface area (Å²) in [6.07, 6.45) is 3.17. The molecule has 3 aromatic rings. The molecule has 24 heavy (non-hydrogen) atoms. The van der Waals surface area contributed by atoms with Crippen LogP contribution in [0.3, 0.4) is 0 Å². The number of rotatable bonds is 5. The van der Waals surface area contributed by atoms with Crippen molar-refractivity contribution >= 4 is 52.8 Å². The van der Waals surface area contributed by atoms with Gasteiger partial charge in [-0.05, 0) is 23.8 Å². The maximum absolute atomic E-state index is 6.15.